The zero-order valence-corrected chi connectivity index (χ0v) is 16.1. The van der Waals surface area contributed by atoms with Crippen molar-refractivity contribution in [2.75, 3.05) is 14.2 Å². The Morgan fingerprint density at radius 1 is 0.962 bits per heavy atom. The molecule has 0 aliphatic heterocycles. The van der Waals surface area contributed by atoms with Crippen LogP contribution < -0.4 is 10.4 Å². The molecule has 1 aromatic heterocycles. The molecule has 2 aromatic carbocycles. The predicted molar refractivity (Wildman–Crippen MR) is 105 cm³/mol. The van der Waals surface area contributed by atoms with Gasteiger partial charge in [-0.05, 0) is 62.7 Å². The molecule has 0 unspecified atom stereocenters. The lowest BCUT2D eigenvalue weighted by molar-refractivity contribution is 0.310. The Balaban J connectivity index is 1.92. The van der Waals surface area contributed by atoms with Crippen LogP contribution in [0.3, 0.4) is 0 Å². The van der Waals surface area contributed by atoms with Crippen LogP contribution in [0.1, 0.15) is 27.8 Å². The van der Waals surface area contributed by atoms with E-state index in [1.807, 2.05) is 32.2 Å². The first-order chi connectivity index (χ1) is 12.4. The van der Waals surface area contributed by atoms with Crippen molar-refractivity contribution in [3.63, 3.8) is 0 Å². The third-order valence-electron chi connectivity index (χ3n) is 4.76. The lowest BCUT2D eigenvalue weighted by atomic mass is 10.0. The van der Waals surface area contributed by atoms with E-state index in [0.717, 1.165) is 34.4 Å². The standard InChI is InChI=1S/C22H25NO3/c1-14-6-7-20(25-5)18(8-14)13-23(4)12-17-11-22(24)26-21-10-16(3)15(2)9-19(17)21/h6-11H,12-13H2,1-5H3. The van der Waals surface area contributed by atoms with Crippen molar-refractivity contribution in [3.8, 4) is 5.75 Å². The number of aryl methyl sites for hydroxylation is 3. The molecule has 1 heterocycles. The molecule has 3 rings (SSSR count). The molecule has 0 atom stereocenters. The summed E-state index contributed by atoms with van der Waals surface area (Å²) in [7, 11) is 3.73. The number of hydrogen-bond donors (Lipinski definition) is 0. The van der Waals surface area contributed by atoms with Gasteiger partial charge in [0.15, 0.2) is 0 Å². The van der Waals surface area contributed by atoms with Crippen molar-refractivity contribution in [2.24, 2.45) is 0 Å². The summed E-state index contributed by atoms with van der Waals surface area (Å²) in [6, 6.07) is 11.8. The highest BCUT2D eigenvalue weighted by Gasteiger charge is 2.12. The van der Waals surface area contributed by atoms with Crippen LogP contribution in [0, 0.1) is 20.8 Å². The number of benzene rings is 2. The number of fused-ring (bicyclic) bond motifs is 1. The van der Waals surface area contributed by atoms with Crippen molar-refractivity contribution < 1.29 is 9.15 Å². The van der Waals surface area contributed by atoms with E-state index in [1.54, 1.807) is 13.2 Å². The van der Waals surface area contributed by atoms with Crippen molar-refractivity contribution in [1.82, 2.24) is 4.90 Å². The maximum absolute atomic E-state index is 12.0. The Bertz CT molecular complexity index is 1000. The van der Waals surface area contributed by atoms with E-state index in [-0.39, 0.29) is 5.63 Å². The largest absolute Gasteiger partial charge is 0.496 e. The van der Waals surface area contributed by atoms with Crippen molar-refractivity contribution in [3.05, 3.63) is 74.6 Å². The first kappa shape index (κ1) is 18.2. The minimum Gasteiger partial charge on any atom is -0.496 e. The Kier molecular flexibility index (Phi) is 5.14. The third-order valence-corrected chi connectivity index (χ3v) is 4.76. The maximum atomic E-state index is 12.0. The van der Waals surface area contributed by atoms with Gasteiger partial charge >= 0.3 is 5.63 Å². The molecule has 0 fully saturated rings. The van der Waals surface area contributed by atoms with Crippen LogP contribution in [0.4, 0.5) is 0 Å². The van der Waals surface area contributed by atoms with E-state index < -0.39 is 0 Å². The van der Waals surface area contributed by atoms with Crippen LogP contribution in [0.15, 0.2) is 45.6 Å². The van der Waals surface area contributed by atoms with E-state index in [2.05, 4.69) is 30.9 Å². The fourth-order valence-electron chi connectivity index (χ4n) is 3.28. The number of hydrogen-bond acceptors (Lipinski definition) is 4. The van der Waals surface area contributed by atoms with Crippen LogP contribution in [0.2, 0.25) is 0 Å². The average Bonchev–Trinajstić information content (AvgIpc) is 2.57. The Hall–Kier alpha value is -2.59. The van der Waals surface area contributed by atoms with Crippen LogP contribution in [0.5, 0.6) is 5.75 Å². The molecule has 0 amide bonds. The quantitative estimate of drug-likeness (QED) is 0.641. The highest BCUT2D eigenvalue weighted by Crippen LogP contribution is 2.25. The molecule has 0 bridgehead atoms. The molecule has 0 N–H and O–H groups in total. The summed E-state index contributed by atoms with van der Waals surface area (Å²) in [6.45, 7) is 7.56. The Morgan fingerprint density at radius 2 is 1.65 bits per heavy atom. The third kappa shape index (κ3) is 3.81. The zero-order valence-electron chi connectivity index (χ0n) is 16.1. The first-order valence-electron chi connectivity index (χ1n) is 8.73. The summed E-state index contributed by atoms with van der Waals surface area (Å²) in [4.78, 5) is 14.2. The number of methoxy groups -OCH3 is 1. The van der Waals surface area contributed by atoms with Gasteiger partial charge in [0.2, 0.25) is 0 Å². The van der Waals surface area contributed by atoms with Crippen molar-refractivity contribution in [1.29, 1.82) is 0 Å². The molecule has 0 spiro atoms. The van der Waals surface area contributed by atoms with Gasteiger partial charge < -0.3 is 9.15 Å². The fourth-order valence-corrected chi connectivity index (χ4v) is 3.28. The maximum Gasteiger partial charge on any atom is 0.336 e. The minimum atomic E-state index is -0.308. The highest BCUT2D eigenvalue weighted by atomic mass is 16.5. The topological polar surface area (TPSA) is 42.7 Å². The Labute approximate surface area is 154 Å². The van der Waals surface area contributed by atoms with Gasteiger partial charge in [0.05, 0.1) is 7.11 Å². The van der Waals surface area contributed by atoms with Gasteiger partial charge in [-0.2, -0.15) is 0 Å². The number of rotatable bonds is 5. The molecular weight excluding hydrogens is 326 g/mol. The summed E-state index contributed by atoms with van der Waals surface area (Å²) in [5, 5.41) is 0.996. The minimum absolute atomic E-state index is 0.308. The SMILES string of the molecule is COc1ccc(C)cc1CN(C)Cc1cc(=O)oc2cc(C)c(C)cc12. The average molecular weight is 351 g/mol. The van der Waals surface area contributed by atoms with E-state index >= 15 is 0 Å². The molecule has 4 nitrogen and oxygen atoms in total. The molecule has 0 radical (unpaired) electrons. The summed E-state index contributed by atoms with van der Waals surface area (Å²) in [5.74, 6) is 0.881. The van der Waals surface area contributed by atoms with E-state index in [1.165, 1.54) is 11.1 Å². The molecule has 3 aromatic rings. The lowest BCUT2D eigenvalue weighted by Crippen LogP contribution is -2.19. The number of nitrogens with zero attached hydrogens (tertiary/aromatic N) is 1. The second-order valence-corrected chi connectivity index (χ2v) is 7.01. The fraction of sp³-hybridized carbons (Fsp3) is 0.318. The summed E-state index contributed by atoms with van der Waals surface area (Å²) in [5.41, 5.74) is 5.97. The van der Waals surface area contributed by atoms with Crippen LogP contribution in [-0.2, 0) is 13.1 Å². The predicted octanol–water partition coefficient (Wildman–Crippen LogP) is 4.36. The molecule has 136 valence electrons. The van der Waals surface area contributed by atoms with Crippen LogP contribution in [0.25, 0.3) is 11.0 Å². The second-order valence-electron chi connectivity index (χ2n) is 7.01. The monoisotopic (exact) mass is 351 g/mol. The highest BCUT2D eigenvalue weighted by molar-refractivity contribution is 5.81. The van der Waals surface area contributed by atoms with Gasteiger partial charge in [-0.3, -0.25) is 4.90 Å². The van der Waals surface area contributed by atoms with Gasteiger partial charge in [-0.1, -0.05) is 17.7 Å². The smallest absolute Gasteiger partial charge is 0.336 e. The summed E-state index contributed by atoms with van der Waals surface area (Å²) >= 11 is 0. The van der Waals surface area contributed by atoms with Crippen molar-refractivity contribution in [2.45, 2.75) is 33.9 Å². The number of ether oxygens (including phenoxy) is 1. The molecular formula is C22H25NO3. The first-order valence-corrected chi connectivity index (χ1v) is 8.73. The van der Waals surface area contributed by atoms with E-state index in [9.17, 15) is 4.79 Å². The van der Waals surface area contributed by atoms with Gasteiger partial charge in [0.25, 0.3) is 0 Å². The second kappa shape index (κ2) is 7.34. The van der Waals surface area contributed by atoms with Gasteiger partial charge in [-0.15, -0.1) is 0 Å². The molecule has 4 heteroatoms. The summed E-state index contributed by atoms with van der Waals surface area (Å²) in [6.07, 6.45) is 0. The van der Waals surface area contributed by atoms with E-state index in [0.29, 0.717) is 12.1 Å². The molecule has 0 aliphatic rings. The van der Waals surface area contributed by atoms with Gasteiger partial charge in [-0.25, -0.2) is 4.79 Å². The van der Waals surface area contributed by atoms with Crippen molar-refractivity contribution >= 4 is 11.0 Å². The normalized spacial score (nSPS) is 11.3. The Morgan fingerprint density at radius 3 is 2.38 bits per heavy atom. The molecule has 0 saturated carbocycles. The lowest BCUT2D eigenvalue weighted by Gasteiger charge is -2.20. The van der Waals surface area contributed by atoms with Crippen LogP contribution >= 0.6 is 0 Å². The molecule has 0 aliphatic carbocycles. The van der Waals surface area contributed by atoms with Gasteiger partial charge in [0.1, 0.15) is 11.3 Å². The zero-order chi connectivity index (χ0) is 18.8. The van der Waals surface area contributed by atoms with E-state index in [4.69, 9.17) is 9.15 Å². The molecule has 0 saturated heterocycles. The molecule has 26 heavy (non-hydrogen) atoms. The van der Waals surface area contributed by atoms with Gasteiger partial charge in [0, 0.05) is 30.1 Å². The summed E-state index contributed by atoms with van der Waals surface area (Å²) < 4.78 is 10.9. The van der Waals surface area contributed by atoms with Crippen LogP contribution in [-0.4, -0.2) is 19.1 Å².